The molecule has 3 aromatic rings. The lowest BCUT2D eigenvalue weighted by atomic mass is 10.2. The third kappa shape index (κ3) is 4.87. The summed E-state index contributed by atoms with van der Waals surface area (Å²) < 4.78 is 33.3. The maximum atomic E-state index is 12.9. The van der Waals surface area contributed by atoms with Gasteiger partial charge in [-0.05, 0) is 43.2 Å². The van der Waals surface area contributed by atoms with Gasteiger partial charge < -0.3 is 4.74 Å². The first kappa shape index (κ1) is 22.1. The number of nitrogens with zero attached hydrogens (tertiary/aromatic N) is 3. The number of fused-ring (bicyclic) bond motifs is 1. The molecule has 4 rings (SSSR count). The third-order valence-electron chi connectivity index (χ3n) is 4.98. The second-order valence-electron chi connectivity index (χ2n) is 7.20. The molecule has 32 heavy (non-hydrogen) atoms. The van der Waals surface area contributed by atoms with Gasteiger partial charge >= 0.3 is 0 Å². The van der Waals surface area contributed by atoms with Crippen molar-refractivity contribution >= 4 is 48.3 Å². The van der Waals surface area contributed by atoms with Crippen molar-refractivity contribution in [3.05, 3.63) is 52.6 Å². The van der Waals surface area contributed by atoms with Crippen LogP contribution < -0.4 is 10.1 Å². The van der Waals surface area contributed by atoms with Gasteiger partial charge in [-0.25, -0.2) is 13.4 Å². The molecular formula is C20H20N4O6S2. The van der Waals surface area contributed by atoms with Crippen molar-refractivity contribution in [2.45, 2.75) is 24.2 Å². The maximum Gasteiger partial charge on any atom is 0.269 e. The van der Waals surface area contributed by atoms with Gasteiger partial charge in [0.25, 0.3) is 11.6 Å². The Hall–Kier alpha value is -3.09. The zero-order valence-corrected chi connectivity index (χ0v) is 18.5. The van der Waals surface area contributed by atoms with Crippen LogP contribution in [0.4, 0.5) is 10.8 Å². The van der Waals surface area contributed by atoms with Crippen molar-refractivity contribution in [3.8, 4) is 5.75 Å². The largest absolute Gasteiger partial charge is 0.484 e. The van der Waals surface area contributed by atoms with Crippen LogP contribution in [-0.2, 0) is 14.8 Å². The second-order valence-corrected chi connectivity index (χ2v) is 10.2. The highest BCUT2D eigenvalue weighted by molar-refractivity contribution is 7.89. The average molecular weight is 477 g/mol. The molecule has 0 saturated carbocycles. The van der Waals surface area contributed by atoms with Crippen LogP contribution in [0.25, 0.3) is 10.2 Å². The normalized spacial score (nSPS) is 14.9. The van der Waals surface area contributed by atoms with E-state index in [-0.39, 0.29) is 17.2 Å². The highest BCUT2D eigenvalue weighted by Crippen LogP contribution is 2.30. The molecule has 1 aliphatic heterocycles. The molecule has 0 bridgehead atoms. The van der Waals surface area contributed by atoms with Crippen LogP contribution in [0.2, 0.25) is 0 Å². The molecule has 1 saturated heterocycles. The Morgan fingerprint density at radius 1 is 1.16 bits per heavy atom. The quantitative estimate of drug-likeness (QED) is 0.408. The van der Waals surface area contributed by atoms with Crippen LogP contribution in [0.1, 0.15) is 19.3 Å². The molecule has 1 N–H and O–H groups in total. The molecule has 1 aliphatic rings. The molecular weight excluding hydrogens is 456 g/mol. The van der Waals surface area contributed by atoms with Crippen molar-refractivity contribution in [3.63, 3.8) is 0 Å². The molecule has 0 spiro atoms. The maximum absolute atomic E-state index is 12.9. The Kier molecular flexibility index (Phi) is 6.35. The number of aromatic nitrogens is 1. The summed E-state index contributed by atoms with van der Waals surface area (Å²) in [6.45, 7) is 0.751. The summed E-state index contributed by atoms with van der Waals surface area (Å²) >= 11 is 1.17. The number of anilines is 1. The van der Waals surface area contributed by atoms with Crippen LogP contribution in [0.15, 0.2) is 47.4 Å². The highest BCUT2D eigenvalue weighted by atomic mass is 32.2. The Labute approximate surface area is 188 Å². The Morgan fingerprint density at radius 2 is 1.88 bits per heavy atom. The van der Waals surface area contributed by atoms with E-state index in [4.69, 9.17) is 4.74 Å². The van der Waals surface area contributed by atoms with Gasteiger partial charge in [0.2, 0.25) is 10.0 Å². The Bertz CT molecular complexity index is 1250. The number of hydrogen-bond acceptors (Lipinski definition) is 8. The van der Waals surface area contributed by atoms with Gasteiger partial charge in [0.05, 0.1) is 20.0 Å². The predicted molar refractivity (Wildman–Crippen MR) is 119 cm³/mol. The number of sulfonamides is 1. The first-order valence-electron chi connectivity index (χ1n) is 9.91. The second kappa shape index (κ2) is 9.18. The van der Waals surface area contributed by atoms with Crippen LogP contribution in [0.3, 0.4) is 0 Å². The number of piperidine rings is 1. The summed E-state index contributed by atoms with van der Waals surface area (Å²) in [4.78, 5) is 26.9. The number of ether oxygens (including phenoxy) is 1. The molecule has 0 atom stereocenters. The van der Waals surface area contributed by atoms with Crippen molar-refractivity contribution in [2.75, 3.05) is 25.0 Å². The number of hydrogen-bond donors (Lipinski definition) is 1. The van der Waals surface area contributed by atoms with Gasteiger partial charge in [-0.2, -0.15) is 4.31 Å². The van der Waals surface area contributed by atoms with Gasteiger partial charge in [-0.15, -0.1) is 0 Å². The van der Waals surface area contributed by atoms with Crippen molar-refractivity contribution in [1.29, 1.82) is 0 Å². The van der Waals surface area contributed by atoms with E-state index >= 15 is 0 Å². The molecule has 12 heteroatoms. The van der Waals surface area contributed by atoms with E-state index in [0.717, 1.165) is 19.3 Å². The van der Waals surface area contributed by atoms with E-state index in [1.165, 1.54) is 46.0 Å². The monoisotopic (exact) mass is 476 g/mol. The zero-order chi connectivity index (χ0) is 22.7. The van der Waals surface area contributed by atoms with E-state index < -0.39 is 20.9 Å². The number of nitro benzene ring substituents is 1. The number of carbonyl (C=O) groups is 1. The molecule has 1 aromatic heterocycles. The molecule has 2 aromatic carbocycles. The lowest BCUT2D eigenvalue weighted by Crippen LogP contribution is -2.35. The molecule has 1 fully saturated rings. The number of non-ortho nitro benzene ring substituents is 1. The topological polar surface area (TPSA) is 132 Å². The van der Waals surface area contributed by atoms with E-state index in [1.807, 2.05) is 0 Å². The first-order valence-corrected chi connectivity index (χ1v) is 12.2. The fraction of sp³-hybridized carbons (Fsp3) is 0.300. The smallest absolute Gasteiger partial charge is 0.269 e. The highest BCUT2D eigenvalue weighted by Gasteiger charge is 2.26. The van der Waals surface area contributed by atoms with Crippen LogP contribution >= 0.6 is 11.3 Å². The van der Waals surface area contributed by atoms with Crippen LogP contribution in [-0.4, -0.2) is 48.2 Å². The molecule has 168 valence electrons. The minimum absolute atomic E-state index is 0.0713. The van der Waals surface area contributed by atoms with Gasteiger partial charge in [0, 0.05) is 25.2 Å². The van der Waals surface area contributed by atoms with Gasteiger partial charge in [-0.1, -0.05) is 17.8 Å². The van der Waals surface area contributed by atoms with E-state index in [2.05, 4.69) is 10.3 Å². The van der Waals surface area contributed by atoms with E-state index in [9.17, 15) is 23.3 Å². The molecule has 2 heterocycles. The minimum atomic E-state index is -3.55. The summed E-state index contributed by atoms with van der Waals surface area (Å²) in [6, 6.07) is 10.1. The van der Waals surface area contributed by atoms with Gasteiger partial charge in [-0.3, -0.25) is 20.2 Å². The summed E-state index contributed by atoms with van der Waals surface area (Å²) in [5, 5.41) is 13.6. The fourth-order valence-corrected chi connectivity index (χ4v) is 5.88. The molecule has 0 unspecified atom stereocenters. The van der Waals surface area contributed by atoms with E-state index in [1.54, 1.807) is 12.1 Å². The Morgan fingerprint density at radius 3 is 2.56 bits per heavy atom. The molecule has 0 aliphatic carbocycles. The summed E-state index contributed by atoms with van der Waals surface area (Å²) in [5.74, 6) is -0.133. The number of amides is 1. The molecule has 0 radical (unpaired) electrons. The Balaban J connectivity index is 1.41. The van der Waals surface area contributed by atoms with Crippen molar-refractivity contribution in [1.82, 2.24) is 9.29 Å². The van der Waals surface area contributed by atoms with Crippen LogP contribution in [0, 0.1) is 10.1 Å². The lowest BCUT2D eigenvalue weighted by Gasteiger charge is -2.25. The van der Waals surface area contributed by atoms with Crippen molar-refractivity contribution in [2.24, 2.45) is 0 Å². The minimum Gasteiger partial charge on any atom is -0.484 e. The predicted octanol–water partition coefficient (Wildman–Crippen LogP) is 3.40. The first-order chi connectivity index (χ1) is 15.3. The van der Waals surface area contributed by atoms with Crippen molar-refractivity contribution < 1.29 is 22.9 Å². The molecule has 1 amide bonds. The van der Waals surface area contributed by atoms with Gasteiger partial charge in [0.15, 0.2) is 11.7 Å². The zero-order valence-electron chi connectivity index (χ0n) is 16.9. The van der Waals surface area contributed by atoms with E-state index in [0.29, 0.717) is 34.2 Å². The SMILES string of the molecule is O=C(COc1ccc([N+](=O)[O-])cc1)Nc1nc2ccc(S(=O)(=O)N3CCCCC3)cc2s1. The number of benzene rings is 2. The fourth-order valence-electron chi connectivity index (χ4n) is 3.34. The third-order valence-corrected chi connectivity index (χ3v) is 7.80. The number of carbonyl (C=O) groups excluding carboxylic acids is 1. The van der Waals surface area contributed by atoms with Gasteiger partial charge in [0.1, 0.15) is 5.75 Å². The summed E-state index contributed by atoms with van der Waals surface area (Å²) in [5.41, 5.74) is 0.511. The lowest BCUT2D eigenvalue weighted by molar-refractivity contribution is -0.384. The standard InChI is InChI=1S/C20H20N4O6S2/c25-19(13-30-15-6-4-14(5-7-15)24(26)27)22-20-21-17-9-8-16(12-18(17)31-20)32(28,29)23-10-2-1-3-11-23/h4-9,12H,1-3,10-11,13H2,(H,21,22,25). The van der Waals surface area contributed by atoms with Crippen LogP contribution in [0.5, 0.6) is 5.75 Å². The summed E-state index contributed by atoms with van der Waals surface area (Å²) in [7, 11) is -3.55. The summed E-state index contributed by atoms with van der Waals surface area (Å²) in [6.07, 6.45) is 2.76. The number of rotatable bonds is 7. The number of thiazole rings is 1. The number of nitro groups is 1. The average Bonchev–Trinajstić information content (AvgIpc) is 3.20. The molecule has 10 nitrogen and oxygen atoms in total. The number of nitrogens with one attached hydrogen (secondary N) is 1.